The van der Waals surface area contributed by atoms with Crippen LogP contribution in [0.5, 0.6) is 0 Å². The Morgan fingerprint density at radius 1 is 1.00 bits per heavy atom. The number of rotatable bonds is 0. The average Bonchev–Trinajstić information content (AvgIpc) is 2.58. The number of aliphatic hydroxyl groups is 1. The quantitative estimate of drug-likeness (QED) is 0.664. The van der Waals surface area contributed by atoms with E-state index in [0.29, 0.717) is 16.7 Å². The Morgan fingerprint density at radius 3 is 2.38 bits per heavy atom. The van der Waals surface area contributed by atoms with Crippen LogP contribution in [0.2, 0.25) is 0 Å². The minimum Gasteiger partial charge on any atom is -0.390 e. The average molecular weight is 222 g/mol. The summed E-state index contributed by atoms with van der Waals surface area (Å²) in [6.07, 6.45) is 6.41. The largest absolute Gasteiger partial charge is 0.390 e. The monoisotopic (exact) mass is 222 g/mol. The van der Waals surface area contributed by atoms with Gasteiger partial charge in [0.15, 0.2) is 0 Å². The second-order valence-electron chi connectivity index (χ2n) is 7.70. The van der Waals surface area contributed by atoms with Crippen LogP contribution in [0, 0.1) is 28.6 Å². The van der Waals surface area contributed by atoms with Crippen molar-refractivity contribution >= 4 is 0 Å². The molecule has 5 atom stereocenters. The molecule has 0 heterocycles. The van der Waals surface area contributed by atoms with E-state index < -0.39 is 5.60 Å². The fourth-order valence-corrected chi connectivity index (χ4v) is 5.88. The first-order valence-corrected chi connectivity index (χ1v) is 7.03. The van der Waals surface area contributed by atoms with Crippen molar-refractivity contribution in [2.24, 2.45) is 28.6 Å². The van der Waals surface area contributed by atoms with Gasteiger partial charge in [0.25, 0.3) is 0 Å². The third-order valence-electron chi connectivity index (χ3n) is 6.79. The van der Waals surface area contributed by atoms with Crippen LogP contribution in [-0.4, -0.2) is 10.7 Å². The molecule has 1 nitrogen and oxygen atoms in total. The highest BCUT2D eigenvalue weighted by Gasteiger charge is 2.67. The Bertz CT molecular complexity index is 313. The molecule has 3 fully saturated rings. The molecule has 1 spiro atoms. The summed E-state index contributed by atoms with van der Waals surface area (Å²) in [7, 11) is 0. The SMILES string of the molecule is C[C@@H]1CC[C@@H]2C(C)(C)[C@@H]3C[C@]12CC[C@@]3(C)O. The van der Waals surface area contributed by atoms with Gasteiger partial charge in [0, 0.05) is 0 Å². The molecule has 3 aliphatic rings. The molecule has 0 aromatic rings. The van der Waals surface area contributed by atoms with Gasteiger partial charge in [0.2, 0.25) is 0 Å². The van der Waals surface area contributed by atoms with Crippen molar-refractivity contribution in [3.8, 4) is 0 Å². The molecule has 3 rings (SSSR count). The maximum absolute atomic E-state index is 10.6. The second-order valence-corrected chi connectivity index (χ2v) is 7.70. The van der Waals surface area contributed by atoms with Crippen LogP contribution < -0.4 is 0 Å². The maximum atomic E-state index is 10.6. The first-order valence-electron chi connectivity index (χ1n) is 7.03. The van der Waals surface area contributed by atoms with E-state index in [0.717, 1.165) is 18.3 Å². The van der Waals surface area contributed by atoms with Crippen molar-refractivity contribution in [3.63, 3.8) is 0 Å². The third-order valence-corrected chi connectivity index (χ3v) is 6.79. The highest BCUT2D eigenvalue weighted by Crippen LogP contribution is 2.73. The predicted octanol–water partition coefficient (Wildman–Crippen LogP) is 3.61. The predicted molar refractivity (Wildman–Crippen MR) is 66.1 cm³/mol. The van der Waals surface area contributed by atoms with Crippen LogP contribution in [0.25, 0.3) is 0 Å². The topological polar surface area (TPSA) is 20.2 Å². The van der Waals surface area contributed by atoms with E-state index >= 15 is 0 Å². The van der Waals surface area contributed by atoms with Crippen molar-refractivity contribution in [1.29, 1.82) is 0 Å². The minimum absolute atomic E-state index is 0.352. The van der Waals surface area contributed by atoms with E-state index in [-0.39, 0.29) is 0 Å². The summed E-state index contributed by atoms with van der Waals surface area (Å²) in [6.45, 7) is 9.38. The fourth-order valence-electron chi connectivity index (χ4n) is 5.88. The van der Waals surface area contributed by atoms with Gasteiger partial charge < -0.3 is 5.11 Å². The molecular formula is C15H26O. The zero-order valence-electron chi connectivity index (χ0n) is 11.2. The molecule has 0 unspecified atom stereocenters. The van der Waals surface area contributed by atoms with Gasteiger partial charge in [-0.25, -0.2) is 0 Å². The Morgan fingerprint density at radius 2 is 1.69 bits per heavy atom. The zero-order chi connectivity index (χ0) is 11.8. The van der Waals surface area contributed by atoms with Gasteiger partial charge in [-0.3, -0.25) is 0 Å². The lowest BCUT2D eigenvalue weighted by atomic mass is 9.64. The first kappa shape index (κ1) is 11.1. The van der Waals surface area contributed by atoms with Gasteiger partial charge >= 0.3 is 0 Å². The summed E-state index contributed by atoms with van der Waals surface area (Å²) < 4.78 is 0. The van der Waals surface area contributed by atoms with E-state index in [1.54, 1.807) is 0 Å². The molecule has 92 valence electrons. The summed E-state index contributed by atoms with van der Waals surface area (Å²) in [5.74, 6) is 2.29. The summed E-state index contributed by atoms with van der Waals surface area (Å²) in [5, 5.41) is 10.6. The second kappa shape index (κ2) is 2.85. The molecule has 16 heavy (non-hydrogen) atoms. The molecule has 3 saturated carbocycles. The molecule has 3 aliphatic carbocycles. The summed E-state index contributed by atoms with van der Waals surface area (Å²) in [5.41, 5.74) is 0.542. The van der Waals surface area contributed by atoms with Gasteiger partial charge in [0.05, 0.1) is 5.60 Å². The van der Waals surface area contributed by atoms with Crippen LogP contribution >= 0.6 is 0 Å². The van der Waals surface area contributed by atoms with E-state index in [1.165, 1.54) is 25.7 Å². The number of fused-ring (bicyclic) bond motifs is 1. The molecule has 1 N–H and O–H groups in total. The zero-order valence-corrected chi connectivity index (χ0v) is 11.2. The standard InChI is InChI=1S/C15H26O/c1-10-5-6-11-13(2,3)12-9-15(10,11)8-7-14(12,4)16/h10-12,16H,5-9H2,1-4H3/t10-,11-,12+,14-,15-/m1/s1. The summed E-state index contributed by atoms with van der Waals surface area (Å²) in [6, 6.07) is 0. The molecule has 0 aliphatic heterocycles. The van der Waals surface area contributed by atoms with Crippen molar-refractivity contribution in [3.05, 3.63) is 0 Å². The third kappa shape index (κ3) is 1.06. The van der Waals surface area contributed by atoms with Gasteiger partial charge in [-0.05, 0) is 67.6 Å². The van der Waals surface area contributed by atoms with E-state index in [9.17, 15) is 5.11 Å². The lowest BCUT2D eigenvalue weighted by Gasteiger charge is -2.44. The van der Waals surface area contributed by atoms with Gasteiger partial charge in [-0.2, -0.15) is 0 Å². The van der Waals surface area contributed by atoms with Gasteiger partial charge in [-0.1, -0.05) is 20.8 Å². The molecule has 0 aromatic carbocycles. The minimum atomic E-state index is -0.404. The molecule has 2 bridgehead atoms. The molecule has 0 amide bonds. The van der Waals surface area contributed by atoms with E-state index in [1.807, 2.05) is 0 Å². The van der Waals surface area contributed by atoms with Crippen molar-refractivity contribution in [1.82, 2.24) is 0 Å². The van der Waals surface area contributed by atoms with Crippen LogP contribution in [-0.2, 0) is 0 Å². The Balaban J connectivity index is 2.07. The van der Waals surface area contributed by atoms with Crippen molar-refractivity contribution in [2.75, 3.05) is 0 Å². The molecule has 0 radical (unpaired) electrons. The van der Waals surface area contributed by atoms with Gasteiger partial charge in [0.1, 0.15) is 0 Å². The fraction of sp³-hybridized carbons (Fsp3) is 1.00. The number of hydrogen-bond donors (Lipinski definition) is 1. The summed E-state index contributed by atoms with van der Waals surface area (Å²) >= 11 is 0. The van der Waals surface area contributed by atoms with Crippen LogP contribution in [0.1, 0.15) is 59.8 Å². The smallest absolute Gasteiger partial charge is 0.0653 e. The maximum Gasteiger partial charge on any atom is 0.0653 e. The molecule has 0 saturated heterocycles. The number of hydrogen-bond acceptors (Lipinski definition) is 1. The van der Waals surface area contributed by atoms with E-state index in [4.69, 9.17) is 0 Å². The highest BCUT2D eigenvalue weighted by atomic mass is 16.3. The Hall–Kier alpha value is -0.0400. The van der Waals surface area contributed by atoms with Crippen LogP contribution in [0.4, 0.5) is 0 Å². The molecular weight excluding hydrogens is 196 g/mol. The highest BCUT2D eigenvalue weighted by molar-refractivity contribution is 5.16. The molecule has 0 aromatic heterocycles. The van der Waals surface area contributed by atoms with Crippen molar-refractivity contribution < 1.29 is 5.11 Å². The lowest BCUT2D eigenvalue weighted by molar-refractivity contribution is -0.0717. The normalized spacial score (nSPS) is 58.7. The van der Waals surface area contributed by atoms with E-state index in [2.05, 4.69) is 27.7 Å². The van der Waals surface area contributed by atoms with Gasteiger partial charge in [-0.15, -0.1) is 0 Å². The Labute approximate surface area is 99.6 Å². The molecule has 1 heteroatoms. The van der Waals surface area contributed by atoms with Crippen LogP contribution in [0.15, 0.2) is 0 Å². The first-order chi connectivity index (χ1) is 7.31. The van der Waals surface area contributed by atoms with Crippen molar-refractivity contribution in [2.45, 2.75) is 65.4 Å². The lowest BCUT2D eigenvalue weighted by Crippen LogP contribution is -2.44. The summed E-state index contributed by atoms with van der Waals surface area (Å²) in [4.78, 5) is 0. The van der Waals surface area contributed by atoms with Crippen LogP contribution in [0.3, 0.4) is 0 Å². The Kier molecular flexibility index (Phi) is 1.98.